The number of amides is 1. The molecule has 0 aromatic heterocycles. The van der Waals surface area contributed by atoms with Crippen molar-refractivity contribution in [2.45, 2.75) is 109 Å². The van der Waals surface area contributed by atoms with E-state index in [1.807, 2.05) is 0 Å². The third kappa shape index (κ3) is 8.54. The van der Waals surface area contributed by atoms with Gasteiger partial charge in [-0.3, -0.25) is 25.0 Å². The van der Waals surface area contributed by atoms with Gasteiger partial charge in [0.15, 0.2) is 5.78 Å². The average Bonchev–Trinajstić information content (AvgIpc) is 2.75. The third-order valence-electron chi connectivity index (χ3n) is 6.68. The SMILES string of the molecule is C[C@H](NC(CCCCNC(=O)OC(C)(C)C)C(=O)O)C(=O)C1NC(C(=O)O)CC2CCCCC21. The van der Waals surface area contributed by atoms with Crippen molar-refractivity contribution in [3.63, 3.8) is 0 Å². The van der Waals surface area contributed by atoms with Gasteiger partial charge >= 0.3 is 18.0 Å². The van der Waals surface area contributed by atoms with Crippen molar-refractivity contribution in [1.29, 1.82) is 0 Å². The van der Waals surface area contributed by atoms with Gasteiger partial charge in [0.1, 0.15) is 17.7 Å². The van der Waals surface area contributed by atoms with Gasteiger partial charge in [0.2, 0.25) is 0 Å². The predicted molar refractivity (Wildman–Crippen MR) is 126 cm³/mol. The lowest BCUT2D eigenvalue weighted by molar-refractivity contribution is -0.143. The van der Waals surface area contributed by atoms with Gasteiger partial charge in [0.25, 0.3) is 0 Å². The van der Waals surface area contributed by atoms with Crippen LogP contribution in [0.5, 0.6) is 0 Å². The fourth-order valence-electron chi connectivity index (χ4n) is 5.05. The number of alkyl carbamates (subject to hydrolysis) is 1. The largest absolute Gasteiger partial charge is 0.480 e. The van der Waals surface area contributed by atoms with Gasteiger partial charge in [-0.25, -0.2) is 4.79 Å². The van der Waals surface area contributed by atoms with Gasteiger partial charge in [-0.1, -0.05) is 19.3 Å². The smallest absolute Gasteiger partial charge is 0.407 e. The quantitative estimate of drug-likeness (QED) is 0.278. The highest BCUT2D eigenvalue weighted by Gasteiger charge is 2.45. The molecule has 10 heteroatoms. The number of nitrogens with one attached hydrogen (secondary N) is 3. The van der Waals surface area contributed by atoms with Crippen LogP contribution in [0.2, 0.25) is 0 Å². The standard InChI is InChI=1S/C24H41N3O7/c1-14(20(28)19-16-10-6-5-9-15(16)13-18(27-19)22(31)32)26-17(21(29)30)11-7-8-12-25-23(33)34-24(2,3)4/h14-19,26-27H,5-13H2,1-4H3,(H,25,33)(H,29,30)(H,31,32)/t14-,15?,16?,17?,18?,19?/m0/s1. The number of carboxylic acids is 2. The second-order valence-electron chi connectivity index (χ2n) is 10.6. The molecule has 5 N–H and O–H groups in total. The van der Waals surface area contributed by atoms with Crippen LogP contribution in [0.3, 0.4) is 0 Å². The molecule has 0 bridgehead atoms. The minimum atomic E-state index is -1.05. The molecule has 1 saturated heterocycles. The Morgan fingerprint density at radius 2 is 1.76 bits per heavy atom. The summed E-state index contributed by atoms with van der Waals surface area (Å²) in [6.45, 7) is 7.33. The van der Waals surface area contributed by atoms with Gasteiger partial charge in [-0.15, -0.1) is 0 Å². The Balaban J connectivity index is 1.87. The summed E-state index contributed by atoms with van der Waals surface area (Å²) >= 11 is 0. The minimum absolute atomic E-state index is 0.0864. The monoisotopic (exact) mass is 483 g/mol. The van der Waals surface area contributed by atoms with E-state index in [-0.39, 0.29) is 17.6 Å². The van der Waals surface area contributed by atoms with Crippen LogP contribution < -0.4 is 16.0 Å². The molecule has 6 atom stereocenters. The molecule has 2 aliphatic rings. The third-order valence-corrected chi connectivity index (χ3v) is 6.68. The van der Waals surface area contributed by atoms with Crippen molar-refractivity contribution >= 4 is 23.8 Å². The lowest BCUT2D eigenvalue weighted by Crippen LogP contribution is -2.62. The molecule has 1 amide bonds. The lowest BCUT2D eigenvalue weighted by atomic mass is 9.68. The van der Waals surface area contributed by atoms with Gasteiger partial charge in [-0.05, 0) is 71.6 Å². The Morgan fingerprint density at radius 3 is 2.38 bits per heavy atom. The summed E-state index contributed by atoms with van der Waals surface area (Å²) in [6.07, 6.45) is 5.28. The summed E-state index contributed by atoms with van der Waals surface area (Å²) in [5.41, 5.74) is -0.583. The van der Waals surface area contributed by atoms with Gasteiger partial charge in [0.05, 0.1) is 12.1 Å². The highest BCUT2D eigenvalue weighted by molar-refractivity contribution is 5.90. The van der Waals surface area contributed by atoms with E-state index in [0.717, 1.165) is 25.7 Å². The highest BCUT2D eigenvalue weighted by atomic mass is 16.6. The topological polar surface area (TPSA) is 154 Å². The number of ether oxygens (including phenoxy) is 1. The number of fused-ring (bicyclic) bond motifs is 1. The first-order valence-corrected chi connectivity index (χ1v) is 12.4. The highest BCUT2D eigenvalue weighted by Crippen LogP contribution is 2.39. The zero-order chi connectivity index (χ0) is 25.5. The molecule has 5 unspecified atom stereocenters. The normalized spacial score (nSPS) is 26.6. The number of Topliss-reactive ketones (excluding diaryl/α,β-unsaturated/α-hetero) is 1. The van der Waals surface area contributed by atoms with E-state index in [0.29, 0.717) is 32.2 Å². The second kappa shape index (κ2) is 12.5. The van der Waals surface area contributed by atoms with Crippen LogP contribution in [0.4, 0.5) is 4.79 Å². The minimum Gasteiger partial charge on any atom is -0.480 e. The molecule has 194 valence electrons. The van der Waals surface area contributed by atoms with E-state index in [1.165, 1.54) is 0 Å². The molecule has 0 aromatic rings. The molecule has 34 heavy (non-hydrogen) atoms. The van der Waals surface area contributed by atoms with Crippen molar-refractivity contribution in [3.05, 3.63) is 0 Å². The Bertz CT molecular complexity index is 737. The number of aliphatic carboxylic acids is 2. The summed E-state index contributed by atoms with van der Waals surface area (Å²) in [6, 6.07) is -2.99. The molecule has 0 spiro atoms. The number of carbonyl (C=O) groups is 4. The van der Waals surface area contributed by atoms with Crippen LogP contribution in [0, 0.1) is 11.8 Å². The molecule has 0 radical (unpaired) electrons. The Hall–Kier alpha value is -2.20. The van der Waals surface area contributed by atoms with E-state index < -0.39 is 47.8 Å². The van der Waals surface area contributed by atoms with Crippen LogP contribution in [-0.4, -0.2) is 70.3 Å². The summed E-state index contributed by atoms with van der Waals surface area (Å²) in [7, 11) is 0. The van der Waals surface area contributed by atoms with Crippen LogP contribution >= 0.6 is 0 Å². The van der Waals surface area contributed by atoms with Crippen molar-refractivity contribution < 1.29 is 34.1 Å². The second-order valence-corrected chi connectivity index (χ2v) is 10.6. The number of carbonyl (C=O) groups excluding carboxylic acids is 2. The molecule has 0 aromatic carbocycles. The first kappa shape index (κ1) is 28.0. The summed E-state index contributed by atoms with van der Waals surface area (Å²) in [5.74, 6) is -1.89. The fraction of sp³-hybridized carbons (Fsp3) is 0.833. The summed E-state index contributed by atoms with van der Waals surface area (Å²) in [4.78, 5) is 48.3. The number of hydrogen-bond acceptors (Lipinski definition) is 7. The maximum atomic E-state index is 13.3. The van der Waals surface area contributed by atoms with Crippen molar-refractivity contribution in [2.24, 2.45) is 11.8 Å². The number of rotatable bonds is 11. The number of piperidine rings is 1. The van der Waals surface area contributed by atoms with Crippen LogP contribution in [-0.2, 0) is 19.1 Å². The number of hydrogen-bond donors (Lipinski definition) is 5. The Labute approximate surface area is 201 Å². The first-order valence-electron chi connectivity index (χ1n) is 12.4. The molecule has 1 aliphatic heterocycles. The van der Waals surface area contributed by atoms with Gasteiger partial charge in [0, 0.05) is 6.54 Å². The van der Waals surface area contributed by atoms with Crippen molar-refractivity contribution in [1.82, 2.24) is 16.0 Å². The van der Waals surface area contributed by atoms with Crippen LogP contribution in [0.15, 0.2) is 0 Å². The van der Waals surface area contributed by atoms with E-state index in [1.54, 1.807) is 27.7 Å². The molecule has 10 nitrogen and oxygen atoms in total. The molecule has 1 aliphatic carbocycles. The van der Waals surface area contributed by atoms with Gasteiger partial charge in [-0.2, -0.15) is 0 Å². The molecule has 2 fully saturated rings. The molecular formula is C24H41N3O7. The van der Waals surface area contributed by atoms with Crippen molar-refractivity contribution in [3.8, 4) is 0 Å². The molecule has 1 heterocycles. The fourth-order valence-corrected chi connectivity index (χ4v) is 5.05. The van der Waals surface area contributed by atoms with E-state index in [2.05, 4.69) is 16.0 Å². The maximum absolute atomic E-state index is 13.3. The lowest BCUT2D eigenvalue weighted by Gasteiger charge is -2.44. The predicted octanol–water partition coefficient (Wildman–Crippen LogP) is 2.30. The van der Waals surface area contributed by atoms with E-state index in [9.17, 15) is 29.4 Å². The molecular weight excluding hydrogens is 442 g/mol. The number of unbranched alkanes of at least 4 members (excludes halogenated alkanes) is 1. The van der Waals surface area contributed by atoms with Gasteiger partial charge < -0.3 is 20.3 Å². The van der Waals surface area contributed by atoms with Crippen LogP contribution in [0.25, 0.3) is 0 Å². The van der Waals surface area contributed by atoms with Crippen molar-refractivity contribution in [2.75, 3.05) is 6.54 Å². The number of ketones is 1. The average molecular weight is 484 g/mol. The molecule has 2 rings (SSSR count). The molecule has 1 saturated carbocycles. The first-order chi connectivity index (χ1) is 15.9. The number of carboxylic acid groups (broad SMARTS) is 2. The Morgan fingerprint density at radius 1 is 1.09 bits per heavy atom. The van der Waals surface area contributed by atoms with E-state index in [4.69, 9.17) is 4.74 Å². The summed E-state index contributed by atoms with van der Waals surface area (Å²) < 4.78 is 5.16. The zero-order valence-electron chi connectivity index (χ0n) is 20.8. The maximum Gasteiger partial charge on any atom is 0.407 e. The Kier molecular flexibility index (Phi) is 10.3. The van der Waals surface area contributed by atoms with Crippen LogP contribution in [0.1, 0.15) is 79.1 Å². The zero-order valence-corrected chi connectivity index (χ0v) is 20.8. The van der Waals surface area contributed by atoms with E-state index >= 15 is 0 Å². The summed E-state index contributed by atoms with van der Waals surface area (Å²) in [5, 5.41) is 27.8.